The first-order valence-electron chi connectivity index (χ1n) is 3.90. The largest absolute Gasteiger partial charge is 0.333 e. The Morgan fingerprint density at radius 1 is 1.55 bits per heavy atom. The van der Waals surface area contributed by atoms with Crippen LogP contribution in [0, 0.1) is 0 Å². The molecule has 0 saturated carbocycles. The molecule has 0 atom stereocenters. The zero-order valence-electron chi connectivity index (χ0n) is 7.43. The van der Waals surface area contributed by atoms with Gasteiger partial charge in [0.15, 0.2) is 0 Å². The monoisotopic (exact) mass is 151 g/mol. The van der Waals surface area contributed by atoms with Gasteiger partial charge in [0.1, 0.15) is 0 Å². The van der Waals surface area contributed by atoms with E-state index in [1.165, 1.54) is 31.0 Å². The molecule has 0 aromatic carbocycles. The van der Waals surface area contributed by atoms with Crippen LogP contribution in [0.4, 0.5) is 0 Å². The van der Waals surface area contributed by atoms with Crippen molar-refractivity contribution in [3.63, 3.8) is 0 Å². The SMILES string of the molecule is C=C(C)C1=CC=CCC1.CN. The molecule has 0 unspecified atom stereocenters. The zero-order chi connectivity index (χ0) is 8.69. The fourth-order valence-corrected chi connectivity index (χ4v) is 0.958. The van der Waals surface area contributed by atoms with E-state index in [0.29, 0.717) is 0 Å². The van der Waals surface area contributed by atoms with E-state index in [-0.39, 0.29) is 0 Å². The van der Waals surface area contributed by atoms with Gasteiger partial charge < -0.3 is 5.73 Å². The third kappa shape index (κ3) is 3.79. The molecule has 0 amide bonds. The first-order chi connectivity index (χ1) is 5.30. The van der Waals surface area contributed by atoms with Gasteiger partial charge in [0.05, 0.1) is 0 Å². The Labute approximate surface area is 69.3 Å². The van der Waals surface area contributed by atoms with E-state index >= 15 is 0 Å². The summed E-state index contributed by atoms with van der Waals surface area (Å²) in [6.45, 7) is 5.94. The third-order valence-electron chi connectivity index (χ3n) is 1.56. The molecule has 1 nitrogen and oxygen atoms in total. The topological polar surface area (TPSA) is 26.0 Å². The third-order valence-corrected chi connectivity index (χ3v) is 1.56. The van der Waals surface area contributed by atoms with Crippen LogP contribution in [-0.4, -0.2) is 7.05 Å². The lowest BCUT2D eigenvalue weighted by atomic mass is 10.00. The minimum atomic E-state index is 1.17. The van der Waals surface area contributed by atoms with Crippen molar-refractivity contribution in [1.82, 2.24) is 0 Å². The van der Waals surface area contributed by atoms with Gasteiger partial charge in [-0.1, -0.05) is 30.4 Å². The number of hydrogen-bond donors (Lipinski definition) is 1. The summed E-state index contributed by atoms with van der Waals surface area (Å²) in [5.74, 6) is 0. The summed E-state index contributed by atoms with van der Waals surface area (Å²) in [4.78, 5) is 0. The molecule has 0 aromatic rings. The number of nitrogens with two attached hydrogens (primary N) is 1. The lowest BCUT2D eigenvalue weighted by molar-refractivity contribution is 0.970. The van der Waals surface area contributed by atoms with Gasteiger partial charge in [-0.25, -0.2) is 0 Å². The van der Waals surface area contributed by atoms with Gasteiger partial charge in [0.2, 0.25) is 0 Å². The second kappa shape index (κ2) is 5.93. The predicted octanol–water partition coefficient (Wildman–Crippen LogP) is 2.41. The molecule has 0 fully saturated rings. The summed E-state index contributed by atoms with van der Waals surface area (Å²) >= 11 is 0. The van der Waals surface area contributed by atoms with Crippen LogP contribution >= 0.6 is 0 Å². The van der Waals surface area contributed by atoms with Crippen molar-refractivity contribution in [3.8, 4) is 0 Å². The van der Waals surface area contributed by atoms with Crippen molar-refractivity contribution in [1.29, 1.82) is 0 Å². The summed E-state index contributed by atoms with van der Waals surface area (Å²) in [6.07, 6.45) is 8.79. The molecule has 0 saturated heterocycles. The maximum Gasteiger partial charge on any atom is -0.0195 e. The summed E-state index contributed by atoms with van der Waals surface area (Å²) in [7, 11) is 1.50. The Kier molecular flexibility index (Phi) is 5.49. The highest BCUT2D eigenvalue weighted by Crippen LogP contribution is 2.17. The van der Waals surface area contributed by atoms with Gasteiger partial charge in [-0.2, -0.15) is 0 Å². The second-order valence-corrected chi connectivity index (χ2v) is 2.44. The second-order valence-electron chi connectivity index (χ2n) is 2.44. The Morgan fingerprint density at radius 2 is 2.18 bits per heavy atom. The average Bonchev–Trinajstić information content (AvgIpc) is 2.10. The van der Waals surface area contributed by atoms with Gasteiger partial charge >= 0.3 is 0 Å². The van der Waals surface area contributed by atoms with Gasteiger partial charge in [0.25, 0.3) is 0 Å². The molecule has 0 aliphatic heterocycles. The van der Waals surface area contributed by atoms with Crippen LogP contribution in [-0.2, 0) is 0 Å². The molecule has 1 aliphatic rings. The van der Waals surface area contributed by atoms with E-state index in [9.17, 15) is 0 Å². The molecule has 0 radical (unpaired) electrons. The van der Waals surface area contributed by atoms with Gasteiger partial charge in [-0.05, 0) is 32.4 Å². The minimum Gasteiger partial charge on any atom is -0.333 e. The fraction of sp³-hybridized carbons (Fsp3) is 0.400. The van der Waals surface area contributed by atoms with Crippen LogP contribution < -0.4 is 5.73 Å². The van der Waals surface area contributed by atoms with E-state index in [0.717, 1.165) is 0 Å². The lowest BCUT2D eigenvalue weighted by Gasteiger charge is -2.06. The molecule has 1 heteroatoms. The Bertz CT molecular complexity index is 175. The van der Waals surface area contributed by atoms with E-state index in [1.807, 2.05) is 0 Å². The highest BCUT2D eigenvalue weighted by atomic mass is 14.4. The molecular formula is C10H17N. The molecule has 11 heavy (non-hydrogen) atoms. The van der Waals surface area contributed by atoms with Crippen molar-refractivity contribution >= 4 is 0 Å². The van der Waals surface area contributed by atoms with E-state index in [1.54, 1.807) is 0 Å². The average molecular weight is 151 g/mol. The van der Waals surface area contributed by atoms with Crippen LogP contribution in [0.3, 0.4) is 0 Å². The number of hydrogen-bond acceptors (Lipinski definition) is 1. The number of allylic oxidation sites excluding steroid dienone is 5. The summed E-state index contributed by atoms with van der Waals surface area (Å²) in [5, 5.41) is 0. The van der Waals surface area contributed by atoms with Crippen LogP contribution in [0.2, 0.25) is 0 Å². The highest BCUT2D eigenvalue weighted by Gasteiger charge is 1.97. The van der Waals surface area contributed by atoms with Crippen LogP contribution in [0.5, 0.6) is 0 Å². The number of rotatable bonds is 1. The quantitative estimate of drug-likeness (QED) is 0.612. The van der Waals surface area contributed by atoms with Crippen LogP contribution in [0.15, 0.2) is 36.0 Å². The molecule has 62 valence electrons. The Morgan fingerprint density at radius 3 is 2.45 bits per heavy atom. The smallest absolute Gasteiger partial charge is 0.0195 e. The van der Waals surface area contributed by atoms with Gasteiger partial charge in [-0.15, -0.1) is 0 Å². The van der Waals surface area contributed by atoms with Crippen LogP contribution in [0.25, 0.3) is 0 Å². The summed E-state index contributed by atoms with van der Waals surface area (Å²) < 4.78 is 0. The van der Waals surface area contributed by atoms with Gasteiger partial charge in [0, 0.05) is 0 Å². The molecule has 1 rings (SSSR count). The molecule has 2 N–H and O–H groups in total. The first kappa shape index (κ1) is 10.2. The van der Waals surface area contributed by atoms with E-state index < -0.39 is 0 Å². The molecule has 0 bridgehead atoms. The summed E-state index contributed by atoms with van der Waals surface area (Å²) in [5.41, 5.74) is 7.11. The van der Waals surface area contributed by atoms with E-state index in [4.69, 9.17) is 0 Å². The maximum absolute atomic E-state index is 4.50. The normalized spacial score (nSPS) is 14.6. The maximum atomic E-state index is 4.50. The Balaban J connectivity index is 0.000000461. The van der Waals surface area contributed by atoms with Gasteiger partial charge in [-0.3, -0.25) is 0 Å². The predicted molar refractivity (Wildman–Crippen MR) is 51.4 cm³/mol. The minimum absolute atomic E-state index is 1.17. The van der Waals surface area contributed by atoms with Crippen LogP contribution in [0.1, 0.15) is 19.8 Å². The zero-order valence-corrected chi connectivity index (χ0v) is 7.43. The van der Waals surface area contributed by atoms with Crippen molar-refractivity contribution in [2.45, 2.75) is 19.8 Å². The standard InChI is InChI=1S/C9H12.CH5N/c1-8(2)9-6-4-3-5-7-9;1-2/h3-4,6H,1,5,7H2,2H3;2H2,1H3. The molecule has 1 aliphatic carbocycles. The highest BCUT2D eigenvalue weighted by molar-refractivity contribution is 5.32. The summed E-state index contributed by atoms with van der Waals surface area (Å²) in [6, 6.07) is 0. The lowest BCUT2D eigenvalue weighted by Crippen LogP contribution is -1.86. The Hall–Kier alpha value is -0.820. The van der Waals surface area contributed by atoms with Crippen molar-refractivity contribution < 1.29 is 0 Å². The molecule has 0 aromatic heterocycles. The van der Waals surface area contributed by atoms with Crippen molar-refractivity contribution in [2.24, 2.45) is 5.73 Å². The molecular weight excluding hydrogens is 134 g/mol. The molecule has 0 spiro atoms. The fourth-order valence-electron chi connectivity index (χ4n) is 0.958. The van der Waals surface area contributed by atoms with Crippen molar-refractivity contribution in [3.05, 3.63) is 36.0 Å². The van der Waals surface area contributed by atoms with Crippen molar-refractivity contribution in [2.75, 3.05) is 7.05 Å². The first-order valence-corrected chi connectivity index (χ1v) is 3.90. The van der Waals surface area contributed by atoms with E-state index in [2.05, 4.69) is 37.5 Å². The molecule has 0 heterocycles.